The molecule has 0 aliphatic rings. The highest BCUT2D eigenvalue weighted by Gasteiger charge is 2.15. The fourth-order valence-electron chi connectivity index (χ4n) is 1.53. The van der Waals surface area contributed by atoms with Gasteiger partial charge in [-0.05, 0) is 12.1 Å². The number of carbonyl (C=O) groups is 3. The Bertz CT molecular complexity index is 532. The molecule has 0 aliphatic carbocycles. The Balaban J connectivity index is 2.55. The minimum atomic E-state index is -1.15. The molecule has 1 aromatic carbocycles. The minimum Gasteiger partial charge on any atom is -0.495 e. The topological polar surface area (TPSA) is 108 Å². The lowest BCUT2D eigenvalue weighted by Gasteiger charge is -2.20. The van der Waals surface area contributed by atoms with Crippen molar-refractivity contribution in [2.75, 3.05) is 32.1 Å². The molecule has 114 valence electrons. The average Bonchev–Trinajstić information content (AvgIpc) is 2.49. The van der Waals surface area contributed by atoms with Gasteiger partial charge in [-0.3, -0.25) is 14.5 Å². The summed E-state index contributed by atoms with van der Waals surface area (Å²) in [5.41, 5.74) is 0.545. The molecular weight excluding hydrogens is 278 g/mol. The zero-order valence-electron chi connectivity index (χ0n) is 11.8. The van der Waals surface area contributed by atoms with Crippen LogP contribution in [0.5, 0.6) is 5.75 Å². The number of anilines is 1. The van der Waals surface area contributed by atoms with Gasteiger partial charge in [0.25, 0.3) is 0 Å². The van der Waals surface area contributed by atoms with Gasteiger partial charge in [-0.25, -0.2) is 4.79 Å². The summed E-state index contributed by atoms with van der Waals surface area (Å²) in [5, 5.41) is 12.9. The molecule has 0 fully saturated rings. The summed E-state index contributed by atoms with van der Waals surface area (Å²) < 4.78 is 5.14. The van der Waals surface area contributed by atoms with Crippen molar-refractivity contribution < 1.29 is 24.2 Å². The third-order valence-electron chi connectivity index (χ3n) is 2.59. The van der Waals surface area contributed by atoms with Gasteiger partial charge in [0.05, 0.1) is 19.3 Å². The number of amides is 3. The maximum absolute atomic E-state index is 11.9. The fraction of sp³-hybridized carbons (Fsp3) is 0.308. The fourth-order valence-corrected chi connectivity index (χ4v) is 1.53. The molecule has 1 rings (SSSR count). The smallest absolute Gasteiger partial charge is 0.322 e. The lowest BCUT2D eigenvalue weighted by atomic mass is 10.3. The number of nitrogens with zero attached hydrogens (tertiary/aromatic N) is 1. The summed E-state index contributed by atoms with van der Waals surface area (Å²) in [6.45, 7) is -0.803. The molecule has 0 unspecified atom stereocenters. The van der Waals surface area contributed by atoms with Gasteiger partial charge < -0.3 is 20.5 Å². The van der Waals surface area contributed by atoms with Crippen LogP contribution in [0.3, 0.4) is 0 Å². The van der Waals surface area contributed by atoms with Crippen LogP contribution in [0.1, 0.15) is 0 Å². The number of methoxy groups -OCH3 is 1. The average molecular weight is 295 g/mol. The molecule has 0 spiro atoms. The number of nitrogens with one attached hydrogen (secondary N) is 2. The molecule has 0 saturated carbocycles. The van der Waals surface area contributed by atoms with E-state index in [9.17, 15) is 14.4 Å². The second kappa shape index (κ2) is 7.73. The molecule has 0 atom stereocenters. The van der Waals surface area contributed by atoms with Gasteiger partial charge in [0.1, 0.15) is 12.3 Å². The Morgan fingerprint density at radius 3 is 2.48 bits per heavy atom. The Morgan fingerprint density at radius 1 is 1.19 bits per heavy atom. The number of benzene rings is 1. The lowest BCUT2D eigenvalue weighted by Crippen LogP contribution is -2.44. The molecule has 21 heavy (non-hydrogen) atoms. The Morgan fingerprint density at radius 2 is 1.86 bits per heavy atom. The van der Waals surface area contributed by atoms with Crippen LogP contribution in [0.25, 0.3) is 0 Å². The van der Waals surface area contributed by atoms with Crippen LogP contribution >= 0.6 is 0 Å². The first-order valence-corrected chi connectivity index (χ1v) is 6.08. The van der Waals surface area contributed by atoms with Gasteiger partial charge in [0, 0.05) is 7.05 Å². The summed E-state index contributed by atoms with van der Waals surface area (Å²) in [7, 11) is 3.02. The number of ether oxygens (including phenoxy) is 1. The number of rotatable bonds is 6. The maximum atomic E-state index is 11.9. The highest BCUT2D eigenvalue weighted by molar-refractivity contribution is 5.95. The van der Waals surface area contributed by atoms with Gasteiger partial charge in [-0.2, -0.15) is 0 Å². The van der Waals surface area contributed by atoms with E-state index in [0.29, 0.717) is 11.4 Å². The second-order valence-electron chi connectivity index (χ2n) is 4.06. The van der Waals surface area contributed by atoms with Crippen molar-refractivity contribution in [3.05, 3.63) is 24.3 Å². The van der Waals surface area contributed by atoms with Crippen molar-refractivity contribution in [1.82, 2.24) is 10.6 Å². The molecule has 0 radical (unpaired) electrons. The molecular formula is C13H17N3O5. The zero-order valence-corrected chi connectivity index (χ0v) is 11.8. The third kappa shape index (κ3) is 5.01. The number of hydrogen-bond acceptors (Lipinski definition) is 4. The van der Waals surface area contributed by atoms with Crippen molar-refractivity contribution >= 4 is 23.6 Å². The van der Waals surface area contributed by atoms with Crippen molar-refractivity contribution in [3.63, 3.8) is 0 Å². The standard InChI is InChI=1S/C13H17N3O5/c1-16(9-5-3-4-6-10(9)21-2)13(20)15-7-11(17)14-8-12(18)19/h3-6H,7-8H2,1-2H3,(H,14,17)(H,15,20)(H,18,19). The summed E-state index contributed by atoms with van der Waals surface area (Å²) in [6.07, 6.45) is 0. The van der Waals surface area contributed by atoms with E-state index in [1.54, 1.807) is 24.3 Å². The van der Waals surface area contributed by atoms with Crippen molar-refractivity contribution in [1.29, 1.82) is 0 Å². The first-order valence-electron chi connectivity index (χ1n) is 6.08. The quantitative estimate of drug-likeness (QED) is 0.687. The van der Waals surface area contributed by atoms with E-state index in [0.717, 1.165) is 0 Å². The summed E-state index contributed by atoms with van der Waals surface area (Å²) in [4.78, 5) is 34.8. The van der Waals surface area contributed by atoms with Gasteiger partial charge in [0.15, 0.2) is 0 Å². The molecule has 8 nitrogen and oxygen atoms in total. The van der Waals surface area contributed by atoms with Crippen LogP contribution in [0.15, 0.2) is 24.3 Å². The van der Waals surface area contributed by atoms with Crippen LogP contribution in [-0.2, 0) is 9.59 Å². The van der Waals surface area contributed by atoms with E-state index in [1.807, 2.05) is 0 Å². The predicted molar refractivity (Wildman–Crippen MR) is 75.4 cm³/mol. The molecule has 0 heterocycles. The van der Waals surface area contributed by atoms with Crippen molar-refractivity contribution in [2.24, 2.45) is 0 Å². The van der Waals surface area contributed by atoms with Crippen molar-refractivity contribution in [2.45, 2.75) is 0 Å². The third-order valence-corrected chi connectivity index (χ3v) is 2.59. The Hall–Kier alpha value is -2.77. The number of para-hydroxylation sites is 2. The molecule has 3 N–H and O–H groups in total. The lowest BCUT2D eigenvalue weighted by molar-refractivity contribution is -0.137. The second-order valence-corrected chi connectivity index (χ2v) is 4.06. The Kier molecular flexibility index (Phi) is 5.99. The van der Waals surface area contributed by atoms with Crippen LogP contribution in [0.2, 0.25) is 0 Å². The largest absolute Gasteiger partial charge is 0.495 e. The first-order chi connectivity index (χ1) is 9.95. The SMILES string of the molecule is COc1ccccc1N(C)C(=O)NCC(=O)NCC(=O)O. The van der Waals surface area contributed by atoms with Gasteiger partial charge in [0.2, 0.25) is 5.91 Å². The number of urea groups is 1. The van der Waals surface area contributed by atoms with Crippen LogP contribution in [0.4, 0.5) is 10.5 Å². The van der Waals surface area contributed by atoms with E-state index in [-0.39, 0.29) is 6.54 Å². The van der Waals surface area contributed by atoms with Gasteiger partial charge >= 0.3 is 12.0 Å². The van der Waals surface area contributed by atoms with E-state index >= 15 is 0 Å². The molecule has 3 amide bonds. The van der Waals surface area contributed by atoms with E-state index in [2.05, 4.69) is 10.6 Å². The number of carboxylic acids is 1. The van der Waals surface area contributed by atoms with Crippen molar-refractivity contribution in [3.8, 4) is 5.75 Å². The molecule has 0 bridgehead atoms. The van der Waals surface area contributed by atoms with Crippen LogP contribution in [-0.4, -0.2) is 50.3 Å². The molecule has 1 aromatic rings. The van der Waals surface area contributed by atoms with E-state index < -0.39 is 24.5 Å². The Labute approximate surface area is 121 Å². The maximum Gasteiger partial charge on any atom is 0.322 e. The van der Waals surface area contributed by atoms with Crippen LogP contribution < -0.4 is 20.3 Å². The van der Waals surface area contributed by atoms with E-state index in [1.165, 1.54) is 19.1 Å². The number of carbonyl (C=O) groups excluding carboxylic acids is 2. The summed E-state index contributed by atoms with van der Waals surface area (Å²) in [5.74, 6) is -1.22. The normalized spacial score (nSPS) is 9.62. The first kappa shape index (κ1) is 16.3. The number of aliphatic carboxylic acids is 1. The predicted octanol–water partition coefficient (Wildman–Crippen LogP) is 0.0418. The van der Waals surface area contributed by atoms with Gasteiger partial charge in [-0.1, -0.05) is 12.1 Å². The molecule has 8 heteroatoms. The highest BCUT2D eigenvalue weighted by atomic mass is 16.5. The molecule has 0 aliphatic heterocycles. The number of carboxylic acid groups (broad SMARTS) is 1. The van der Waals surface area contributed by atoms with E-state index in [4.69, 9.17) is 9.84 Å². The molecule has 0 saturated heterocycles. The number of hydrogen-bond donors (Lipinski definition) is 3. The summed E-state index contributed by atoms with van der Waals surface area (Å²) >= 11 is 0. The summed E-state index contributed by atoms with van der Waals surface area (Å²) in [6, 6.07) is 6.42. The minimum absolute atomic E-state index is 0.314. The monoisotopic (exact) mass is 295 g/mol. The zero-order chi connectivity index (χ0) is 15.8. The highest BCUT2D eigenvalue weighted by Crippen LogP contribution is 2.26. The van der Waals surface area contributed by atoms with Crippen LogP contribution in [0, 0.1) is 0 Å². The van der Waals surface area contributed by atoms with Gasteiger partial charge in [-0.15, -0.1) is 0 Å². The molecule has 0 aromatic heterocycles.